The minimum absolute atomic E-state index is 0.00167. The Kier molecular flexibility index (Phi) is 4.18. The highest BCUT2D eigenvalue weighted by Crippen LogP contribution is 2.33. The number of rotatable bonds is 4. The Labute approximate surface area is 102 Å². The molecule has 1 aromatic rings. The lowest BCUT2D eigenvalue weighted by molar-refractivity contribution is -0.386. The van der Waals surface area contributed by atoms with Crippen LogP contribution in [0.3, 0.4) is 0 Å². The highest BCUT2D eigenvalue weighted by atomic mass is 79.9. The number of Topliss-reactive ketones (excluding diaryl/α,β-unsaturated/α-hetero) is 1. The van der Waals surface area contributed by atoms with Gasteiger partial charge in [-0.3, -0.25) is 14.9 Å². The summed E-state index contributed by atoms with van der Waals surface area (Å²) in [7, 11) is 0. The van der Waals surface area contributed by atoms with E-state index in [1.54, 1.807) is 19.1 Å². The first-order chi connectivity index (χ1) is 7.52. The second kappa shape index (κ2) is 5.21. The Bertz CT molecular complexity index is 443. The van der Waals surface area contributed by atoms with Crippen molar-refractivity contribution < 1.29 is 9.72 Å². The maximum atomic E-state index is 11.6. The van der Waals surface area contributed by atoms with Gasteiger partial charge >= 0.3 is 0 Å². The molecule has 1 rings (SSSR count). The van der Waals surface area contributed by atoms with E-state index in [4.69, 9.17) is 0 Å². The first-order valence-electron chi connectivity index (χ1n) is 5.01. The standard InChI is InChI=1S/C11H12BrNO3/c1-3-7-5-6-8(9(14)4-2)10(12)11(7)13(15)16/h5-6H,3-4H2,1-2H3. The zero-order valence-corrected chi connectivity index (χ0v) is 10.7. The first-order valence-corrected chi connectivity index (χ1v) is 5.81. The van der Waals surface area contributed by atoms with E-state index in [9.17, 15) is 14.9 Å². The molecule has 1 aromatic carbocycles. The van der Waals surface area contributed by atoms with Crippen LogP contribution in [-0.2, 0) is 6.42 Å². The molecular weight excluding hydrogens is 274 g/mol. The van der Waals surface area contributed by atoms with E-state index in [-0.39, 0.29) is 11.5 Å². The van der Waals surface area contributed by atoms with E-state index in [2.05, 4.69) is 15.9 Å². The van der Waals surface area contributed by atoms with Crippen LogP contribution in [0, 0.1) is 10.1 Å². The summed E-state index contributed by atoms with van der Waals surface area (Å²) < 4.78 is 0.295. The number of hydrogen-bond donors (Lipinski definition) is 0. The van der Waals surface area contributed by atoms with Gasteiger partial charge in [-0.05, 0) is 28.4 Å². The van der Waals surface area contributed by atoms with Gasteiger partial charge in [0.25, 0.3) is 5.69 Å². The van der Waals surface area contributed by atoms with Crippen molar-refractivity contribution in [3.63, 3.8) is 0 Å². The van der Waals surface area contributed by atoms with Gasteiger partial charge in [-0.15, -0.1) is 0 Å². The number of aryl methyl sites for hydroxylation is 1. The highest BCUT2D eigenvalue weighted by molar-refractivity contribution is 9.10. The van der Waals surface area contributed by atoms with Crippen LogP contribution in [0.4, 0.5) is 5.69 Å². The molecule has 16 heavy (non-hydrogen) atoms. The molecule has 0 bridgehead atoms. The number of benzene rings is 1. The number of ketones is 1. The molecule has 5 heteroatoms. The fourth-order valence-corrected chi connectivity index (χ4v) is 2.25. The van der Waals surface area contributed by atoms with E-state index >= 15 is 0 Å². The molecule has 0 saturated heterocycles. The lowest BCUT2D eigenvalue weighted by atomic mass is 10.0. The molecule has 0 aromatic heterocycles. The predicted octanol–water partition coefficient (Wildman–Crippen LogP) is 3.51. The monoisotopic (exact) mass is 285 g/mol. The van der Waals surface area contributed by atoms with Crippen molar-refractivity contribution in [2.75, 3.05) is 0 Å². The van der Waals surface area contributed by atoms with Crippen molar-refractivity contribution in [1.82, 2.24) is 0 Å². The van der Waals surface area contributed by atoms with E-state index in [0.29, 0.717) is 28.4 Å². The Morgan fingerprint density at radius 2 is 2.06 bits per heavy atom. The molecule has 0 fully saturated rings. The largest absolute Gasteiger partial charge is 0.294 e. The van der Waals surface area contributed by atoms with Gasteiger partial charge in [0.2, 0.25) is 0 Å². The topological polar surface area (TPSA) is 60.2 Å². The smallest absolute Gasteiger partial charge is 0.287 e. The van der Waals surface area contributed by atoms with Gasteiger partial charge < -0.3 is 0 Å². The van der Waals surface area contributed by atoms with Crippen LogP contribution >= 0.6 is 15.9 Å². The summed E-state index contributed by atoms with van der Waals surface area (Å²) in [6.45, 7) is 3.57. The van der Waals surface area contributed by atoms with Crippen LogP contribution in [0.2, 0.25) is 0 Å². The van der Waals surface area contributed by atoms with Crippen molar-refractivity contribution in [3.05, 3.63) is 37.8 Å². The van der Waals surface area contributed by atoms with Crippen molar-refractivity contribution in [2.24, 2.45) is 0 Å². The van der Waals surface area contributed by atoms with E-state index in [1.807, 2.05) is 6.92 Å². The quantitative estimate of drug-likeness (QED) is 0.483. The van der Waals surface area contributed by atoms with Gasteiger partial charge in [0.1, 0.15) is 4.47 Å². The molecule has 0 N–H and O–H groups in total. The lowest BCUT2D eigenvalue weighted by Gasteiger charge is -2.06. The second-order valence-electron chi connectivity index (χ2n) is 3.32. The van der Waals surface area contributed by atoms with Gasteiger partial charge in [0.05, 0.1) is 4.92 Å². The Morgan fingerprint density at radius 1 is 1.44 bits per heavy atom. The Balaban J connectivity index is 3.43. The lowest BCUT2D eigenvalue weighted by Crippen LogP contribution is -2.03. The predicted molar refractivity (Wildman–Crippen MR) is 64.8 cm³/mol. The summed E-state index contributed by atoms with van der Waals surface area (Å²) in [4.78, 5) is 22.0. The molecular formula is C11H12BrNO3. The van der Waals surface area contributed by atoms with Gasteiger partial charge in [-0.25, -0.2) is 0 Å². The summed E-state index contributed by atoms with van der Waals surface area (Å²) in [6.07, 6.45) is 0.900. The summed E-state index contributed by atoms with van der Waals surface area (Å²) >= 11 is 3.15. The minimum atomic E-state index is -0.449. The zero-order valence-electron chi connectivity index (χ0n) is 9.12. The molecule has 0 amide bonds. The number of nitro benzene ring substituents is 1. The molecule has 0 atom stereocenters. The maximum absolute atomic E-state index is 11.6. The van der Waals surface area contributed by atoms with Crippen LogP contribution in [-0.4, -0.2) is 10.7 Å². The summed E-state index contributed by atoms with van der Waals surface area (Å²) in [5, 5.41) is 10.9. The van der Waals surface area contributed by atoms with Crippen LogP contribution in [0.5, 0.6) is 0 Å². The summed E-state index contributed by atoms with van der Waals surface area (Å²) in [5.74, 6) is -0.0994. The van der Waals surface area contributed by atoms with Crippen molar-refractivity contribution in [2.45, 2.75) is 26.7 Å². The fraction of sp³-hybridized carbons (Fsp3) is 0.364. The zero-order chi connectivity index (χ0) is 12.3. The summed E-state index contributed by atoms with van der Waals surface area (Å²) in [6, 6.07) is 3.29. The number of carbonyl (C=O) groups is 1. The molecule has 0 radical (unpaired) electrons. The number of nitro groups is 1. The first kappa shape index (κ1) is 12.8. The third-order valence-electron chi connectivity index (χ3n) is 2.38. The van der Waals surface area contributed by atoms with Crippen LogP contribution in [0.1, 0.15) is 36.2 Å². The van der Waals surface area contributed by atoms with Crippen molar-refractivity contribution in [3.8, 4) is 0 Å². The maximum Gasteiger partial charge on any atom is 0.287 e. The third kappa shape index (κ3) is 2.29. The van der Waals surface area contributed by atoms with Crippen LogP contribution < -0.4 is 0 Å². The molecule has 0 aliphatic heterocycles. The van der Waals surface area contributed by atoms with E-state index in [1.165, 1.54) is 0 Å². The molecule has 0 aliphatic rings. The summed E-state index contributed by atoms with van der Waals surface area (Å²) in [5.41, 5.74) is 1.01. The molecule has 4 nitrogen and oxygen atoms in total. The number of carbonyl (C=O) groups excluding carboxylic acids is 1. The Morgan fingerprint density at radius 3 is 2.50 bits per heavy atom. The SMILES string of the molecule is CCC(=O)c1ccc(CC)c([N+](=O)[O-])c1Br. The van der Waals surface area contributed by atoms with Gasteiger partial charge in [0, 0.05) is 17.5 Å². The van der Waals surface area contributed by atoms with Crippen LogP contribution in [0.25, 0.3) is 0 Å². The van der Waals surface area contributed by atoms with Gasteiger partial charge in [-0.2, -0.15) is 0 Å². The minimum Gasteiger partial charge on any atom is -0.294 e. The highest BCUT2D eigenvalue weighted by Gasteiger charge is 2.22. The number of hydrogen-bond acceptors (Lipinski definition) is 3. The number of nitrogens with zero attached hydrogens (tertiary/aromatic N) is 1. The molecule has 0 spiro atoms. The average molecular weight is 286 g/mol. The van der Waals surface area contributed by atoms with Crippen molar-refractivity contribution in [1.29, 1.82) is 0 Å². The van der Waals surface area contributed by atoms with Crippen molar-refractivity contribution >= 4 is 27.4 Å². The van der Waals surface area contributed by atoms with Crippen LogP contribution in [0.15, 0.2) is 16.6 Å². The second-order valence-corrected chi connectivity index (χ2v) is 4.12. The normalized spacial score (nSPS) is 10.2. The number of halogens is 1. The van der Waals surface area contributed by atoms with E-state index < -0.39 is 4.92 Å². The van der Waals surface area contributed by atoms with Gasteiger partial charge in [0.15, 0.2) is 5.78 Å². The molecule has 0 heterocycles. The molecule has 0 saturated carbocycles. The molecule has 86 valence electrons. The molecule has 0 unspecified atom stereocenters. The van der Waals surface area contributed by atoms with E-state index in [0.717, 1.165) is 0 Å². The Hall–Kier alpha value is -1.23. The molecule has 0 aliphatic carbocycles. The fourth-order valence-electron chi connectivity index (χ4n) is 1.49. The average Bonchev–Trinajstić information content (AvgIpc) is 2.26. The third-order valence-corrected chi connectivity index (χ3v) is 3.19. The van der Waals surface area contributed by atoms with Gasteiger partial charge in [-0.1, -0.05) is 19.9 Å².